The molecule has 0 saturated carbocycles. The molecule has 1 aliphatic rings. The molecular formula is C32H35FN4O4S. The lowest BCUT2D eigenvalue weighted by molar-refractivity contribution is -0.120. The molecule has 3 heterocycles. The number of methoxy groups -OCH3 is 1. The number of halogens is 1. The van der Waals surface area contributed by atoms with Crippen LogP contribution in [0.2, 0.25) is 0 Å². The van der Waals surface area contributed by atoms with Gasteiger partial charge in [-0.1, -0.05) is 19.1 Å². The first-order valence-corrected chi connectivity index (χ1v) is 15.0. The Kier molecular flexibility index (Phi) is 9.99. The maximum Gasteiger partial charge on any atom is 0.244 e. The number of nitrogens with zero attached hydrogens (tertiary/aromatic N) is 3. The minimum absolute atomic E-state index is 0.0195. The first kappa shape index (κ1) is 29.5. The van der Waals surface area contributed by atoms with Crippen molar-refractivity contribution in [3.63, 3.8) is 0 Å². The monoisotopic (exact) mass is 590 g/mol. The fourth-order valence-electron chi connectivity index (χ4n) is 4.86. The molecule has 2 aromatic carbocycles. The number of likely N-dealkylation sites (tertiary alicyclic amines) is 1. The molecule has 0 atom stereocenters. The third-order valence-electron chi connectivity index (χ3n) is 7.24. The zero-order valence-corrected chi connectivity index (χ0v) is 24.7. The molecule has 42 heavy (non-hydrogen) atoms. The number of ether oxygens (including phenoxy) is 3. The van der Waals surface area contributed by atoms with E-state index in [4.69, 9.17) is 14.2 Å². The van der Waals surface area contributed by atoms with Crippen LogP contribution in [-0.2, 0) is 11.2 Å². The minimum atomic E-state index is -0.581. The van der Waals surface area contributed by atoms with Crippen molar-refractivity contribution in [3.05, 3.63) is 76.4 Å². The van der Waals surface area contributed by atoms with E-state index in [0.717, 1.165) is 36.9 Å². The van der Waals surface area contributed by atoms with Gasteiger partial charge in [-0.25, -0.2) is 9.82 Å². The number of hydrogen-bond donors (Lipinski definition) is 1. The Morgan fingerprint density at radius 3 is 2.76 bits per heavy atom. The minimum Gasteiger partial charge on any atom is -0.493 e. The number of pyridine rings is 1. The number of piperidine rings is 1. The van der Waals surface area contributed by atoms with Crippen molar-refractivity contribution in [2.45, 2.75) is 32.6 Å². The van der Waals surface area contributed by atoms with Gasteiger partial charge in [0.05, 0.1) is 31.9 Å². The highest BCUT2D eigenvalue weighted by atomic mass is 32.1. The predicted molar refractivity (Wildman–Crippen MR) is 163 cm³/mol. The average molecular weight is 591 g/mol. The second kappa shape index (κ2) is 14.2. The lowest BCUT2D eigenvalue weighted by atomic mass is 9.99. The van der Waals surface area contributed by atoms with Crippen LogP contribution in [0.1, 0.15) is 36.6 Å². The van der Waals surface area contributed by atoms with Crippen molar-refractivity contribution in [1.29, 1.82) is 0 Å². The number of carbonyl (C=O) groups excluding carboxylic acids is 1. The predicted octanol–water partition coefficient (Wildman–Crippen LogP) is 6.43. The molecule has 1 saturated heterocycles. The molecule has 10 heteroatoms. The van der Waals surface area contributed by atoms with Crippen LogP contribution < -0.4 is 19.6 Å². The summed E-state index contributed by atoms with van der Waals surface area (Å²) in [4.78, 5) is 20.1. The van der Waals surface area contributed by atoms with E-state index in [1.165, 1.54) is 36.3 Å². The molecule has 2 aromatic heterocycles. The van der Waals surface area contributed by atoms with Crippen LogP contribution in [0, 0.1) is 11.7 Å². The lowest BCUT2D eigenvalue weighted by Crippen LogP contribution is -2.34. The Balaban J connectivity index is 1.21. The van der Waals surface area contributed by atoms with Gasteiger partial charge in [0.25, 0.3) is 0 Å². The summed E-state index contributed by atoms with van der Waals surface area (Å²) in [5.74, 6) is 1.51. The Morgan fingerprint density at radius 2 is 2.00 bits per heavy atom. The summed E-state index contributed by atoms with van der Waals surface area (Å²) >= 11 is 1.51. The molecule has 220 valence electrons. The SMILES string of the molecule is COc1cc2c(Oc3ccc(CC(=O)N/N=C/c4cccs4)cc3F)ccnc2cc1OCCCN1CCC(C)CC1. The van der Waals surface area contributed by atoms with E-state index in [0.29, 0.717) is 40.3 Å². The van der Waals surface area contributed by atoms with Crippen LogP contribution in [-0.4, -0.2) is 55.4 Å². The van der Waals surface area contributed by atoms with Crippen molar-refractivity contribution in [2.75, 3.05) is 33.4 Å². The number of benzene rings is 2. The van der Waals surface area contributed by atoms with Gasteiger partial charge in [-0.05, 0) is 79.5 Å². The van der Waals surface area contributed by atoms with E-state index in [9.17, 15) is 4.79 Å². The second-order valence-electron chi connectivity index (χ2n) is 10.4. The smallest absolute Gasteiger partial charge is 0.244 e. The van der Waals surface area contributed by atoms with Crippen molar-refractivity contribution >= 4 is 34.4 Å². The van der Waals surface area contributed by atoms with Gasteiger partial charge in [0.2, 0.25) is 5.91 Å². The van der Waals surface area contributed by atoms with E-state index in [2.05, 4.69) is 27.3 Å². The molecule has 8 nitrogen and oxygen atoms in total. The number of carbonyl (C=O) groups is 1. The topological polar surface area (TPSA) is 85.3 Å². The molecule has 0 aliphatic carbocycles. The van der Waals surface area contributed by atoms with E-state index in [1.54, 1.807) is 37.7 Å². The Bertz CT molecular complexity index is 1520. The second-order valence-corrected chi connectivity index (χ2v) is 11.4. The number of thiophene rings is 1. The fourth-order valence-corrected chi connectivity index (χ4v) is 5.44. The van der Waals surface area contributed by atoms with Gasteiger partial charge >= 0.3 is 0 Å². The molecule has 0 radical (unpaired) electrons. The van der Waals surface area contributed by atoms with E-state index >= 15 is 4.39 Å². The van der Waals surface area contributed by atoms with Crippen molar-refractivity contribution < 1.29 is 23.4 Å². The first-order chi connectivity index (χ1) is 20.5. The molecule has 1 N–H and O–H groups in total. The van der Waals surface area contributed by atoms with E-state index in [-0.39, 0.29) is 18.1 Å². The van der Waals surface area contributed by atoms with Gasteiger partial charge in [0.15, 0.2) is 23.1 Å². The number of nitrogens with one attached hydrogen (secondary N) is 1. The lowest BCUT2D eigenvalue weighted by Gasteiger charge is -2.30. The van der Waals surface area contributed by atoms with Crippen LogP contribution in [0.5, 0.6) is 23.0 Å². The quantitative estimate of drug-likeness (QED) is 0.116. The fraction of sp³-hybridized carbons (Fsp3) is 0.344. The number of rotatable bonds is 12. The summed E-state index contributed by atoms with van der Waals surface area (Å²) in [6.45, 7) is 6.20. The van der Waals surface area contributed by atoms with E-state index in [1.807, 2.05) is 23.6 Å². The summed E-state index contributed by atoms with van der Waals surface area (Å²) in [5, 5.41) is 6.52. The van der Waals surface area contributed by atoms with Gasteiger partial charge in [-0.15, -0.1) is 11.3 Å². The highest BCUT2D eigenvalue weighted by Crippen LogP contribution is 2.37. The molecule has 0 spiro atoms. The normalized spacial score (nSPS) is 14.4. The molecule has 0 bridgehead atoms. The summed E-state index contributed by atoms with van der Waals surface area (Å²) < 4.78 is 32.7. The van der Waals surface area contributed by atoms with Crippen molar-refractivity contribution in [3.8, 4) is 23.0 Å². The van der Waals surface area contributed by atoms with Crippen molar-refractivity contribution in [2.24, 2.45) is 11.0 Å². The zero-order valence-electron chi connectivity index (χ0n) is 23.8. The summed E-state index contributed by atoms with van der Waals surface area (Å²) in [5.41, 5.74) is 3.61. The zero-order chi connectivity index (χ0) is 29.3. The number of hydrogen-bond acceptors (Lipinski definition) is 8. The molecular weight excluding hydrogens is 555 g/mol. The molecule has 1 fully saturated rings. The number of amides is 1. The van der Waals surface area contributed by atoms with Gasteiger partial charge in [0, 0.05) is 29.1 Å². The highest BCUT2D eigenvalue weighted by Gasteiger charge is 2.17. The number of fused-ring (bicyclic) bond motifs is 1. The highest BCUT2D eigenvalue weighted by molar-refractivity contribution is 7.11. The van der Waals surface area contributed by atoms with Gasteiger partial charge < -0.3 is 19.1 Å². The standard InChI is InChI=1S/C32H35FN4O4S/c1-22-9-13-37(14-10-22)12-4-15-40-31-20-27-25(19-30(31)39-2)28(8-11-34-27)41-29-7-6-23(17-26(29)33)18-32(38)36-35-21-24-5-3-16-42-24/h3,5-8,11,16-17,19-22H,4,9-10,12-15,18H2,1-2H3,(H,36,38)/b35-21+. The van der Waals surface area contributed by atoms with Gasteiger partial charge in [0.1, 0.15) is 5.75 Å². The molecule has 1 amide bonds. The number of hydrazone groups is 1. The Labute approximate surface area is 249 Å². The molecule has 1 aliphatic heterocycles. The molecule has 4 aromatic rings. The third kappa shape index (κ3) is 7.83. The van der Waals surface area contributed by atoms with Crippen LogP contribution >= 0.6 is 11.3 Å². The van der Waals surface area contributed by atoms with Gasteiger partial charge in [-0.3, -0.25) is 9.78 Å². The largest absolute Gasteiger partial charge is 0.493 e. The van der Waals surface area contributed by atoms with E-state index < -0.39 is 5.82 Å². The average Bonchev–Trinajstić information content (AvgIpc) is 3.51. The summed E-state index contributed by atoms with van der Waals surface area (Å²) in [6, 6.07) is 13.5. The maximum atomic E-state index is 15.0. The Hall–Kier alpha value is -4.02. The summed E-state index contributed by atoms with van der Waals surface area (Å²) in [6.07, 6.45) is 6.60. The first-order valence-electron chi connectivity index (χ1n) is 14.1. The molecule has 0 unspecified atom stereocenters. The maximum absolute atomic E-state index is 15.0. The third-order valence-corrected chi connectivity index (χ3v) is 8.05. The summed E-state index contributed by atoms with van der Waals surface area (Å²) in [7, 11) is 1.59. The van der Waals surface area contributed by atoms with Gasteiger partial charge in [-0.2, -0.15) is 5.10 Å². The molecule has 5 rings (SSSR count). The number of aromatic nitrogens is 1. The van der Waals surface area contributed by atoms with Crippen LogP contribution in [0.15, 0.2) is 65.2 Å². The van der Waals surface area contributed by atoms with Crippen LogP contribution in [0.3, 0.4) is 0 Å². The van der Waals surface area contributed by atoms with Crippen LogP contribution in [0.25, 0.3) is 10.9 Å². The Morgan fingerprint density at radius 1 is 1.14 bits per heavy atom. The van der Waals surface area contributed by atoms with Crippen molar-refractivity contribution in [1.82, 2.24) is 15.3 Å². The van der Waals surface area contributed by atoms with Crippen LogP contribution in [0.4, 0.5) is 4.39 Å².